The van der Waals surface area contributed by atoms with Crippen molar-refractivity contribution in [1.82, 2.24) is 19.5 Å². The number of para-hydroxylation sites is 2. The first kappa shape index (κ1) is 23.8. The lowest BCUT2D eigenvalue weighted by molar-refractivity contribution is -0.116. The number of hydrogen-bond donors (Lipinski definition) is 4. The standard InChI is InChI=1S/C21H25N5O8/c1-12(28)25-11-26(33,15-5-3-2-4-14(15)25)7-6-22-19(30)13-9-24(21(32)23-20(13)31)18-8-16(29)17(10-27)34-18/h2-5,9,16-18,27,29H,6-8,10-11H2,1H3,(H,22,30)(H,23,31,32)/t16?,17-,18-,26?/m0/s1. The molecule has 0 radical (unpaired) electrons. The Kier molecular flexibility index (Phi) is 6.38. The average Bonchev–Trinajstić information content (AvgIpc) is 3.31. The van der Waals surface area contributed by atoms with Crippen LogP contribution in [0.4, 0.5) is 11.4 Å². The highest BCUT2D eigenvalue weighted by atomic mass is 16.6. The molecule has 13 nitrogen and oxygen atoms in total. The number of nitrogens with one attached hydrogen (secondary N) is 2. The van der Waals surface area contributed by atoms with Gasteiger partial charge in [0, 0.05) is 25.6 Å². The summed E-state index contributed by atoms with van der Waals surface area (Å²) in [4.78, 5) is 52.5. The van der Waals surface area contributed by atoms with Gasteiger partial charge in [-0.25, -0.2) is 4.79 Å². The van der Waals surface area contributed by atoms with Crippen LogP contribution in [0.3, 0.4) is 0 Å². The summed E-state index contributed by atoms with van der Waals surface area (Å²) in [5.74, 6) is -1.08. The maximum atomic E-state index is 13.4. The molecule has 34 heavy (non-hydrogen) atoms. The normalized spacial score (nSPS) is 25.9. The lowest BCUT2D eigenvalue weighted by atomic mass is 10.2. The van der Waals surface area contributed by atoms with Crippen LogP contribution in [0.15, 0.2) is 40.1 Å². The summed E-state index contributed by atoms with van der Waals surface area (Å²) in [6.07, 6.45) is -1.87. The number of fused-ring (bicyclic) bond motifs is 1. The summed E-state index contributed by atoms with van der Waals surface area (Å²) >= 11 is 0. The van der Waals surface area contributed by atoms with Gasteiger partial charge in [0.2, 0.25) is 5.91 Å². The first-order chi connectivity index (χ1) is 16.1. The van der Waals surface area contributed by atoms with E-state index in [4.69, 9.17) is 4.74 Å². The van der Waals surface area contributed by atoms with Crippen LogP contribution in [-0.4, -0.2) is 70.2 Å². The molecule has 0 spiro atoms. The Bertz CT molecular complexity index is 1230. The molecule has 2 unspecified atom stereocenters. The van der Waals surface area contributed by atoms with E-state index in [2.05, 4.69) is 5.32 Å². The maximum Gasteiger partial charge on any atom is 0.330 e. The van der Waals surface area contributed by atoms with Gasteiger partial charge in [-0.15, -0.1) is 0 Å². The van der Waals surface area contributed by atoms with E-state index in [1.165, 1.54) is 11.8 Å². The van der Waals surface area contributed by atoms with Crippen molar-refractivity contribution >= 4 is 23.2 Å². The molecule has 0 bridgehead atoms. The Balaban J connectivity index is 1.47. The number of aromatic amines is 1. The zero-order valence-electron chi connectivity index (χ0n) is 18.3. The molecule has 2 amide bonds. The number of anilines is 1. The topological polar surface area (TPSA) is 177 Å². The lowest BCUT2D eigenvalue weighted by Crippen LogP contribution is -2.51. The van der Waals surface area contributed by atoms with Gasteiger partial charge < -0.3 is 30.1 Å². The van der Waals surface area contributed by atoms with Gasteiger partial charge in [0.1, 0.15) is 30.1 Å². The zero-order chi connectivity index (χ0) is 24.6. The molecule has 0 aliphatic carbocycles. The quantitative estimate of drug-likeness (QED) is 0.295. The summed E-state index contributed by atoms with van der Waals surface area (Å²) in [5.41, 5.74) is -1.22. The molecule has 182 valence electrons. The van der Waals surface area contributed by atoms with Crippen LogP contribution in [0.1, 0.15) is 29.9 Å². The largest absolute Gasteiger partial charge is 0.626 e. The highest BCUT2D eigenvalue weighted by Gasteiger charge is 2.38. The predicted octanol–water partition coefficient (Wildman–Crippen LogP) is -1.26. The minimum absolute atomic E-state index is 0.0134. The number of carbonyl (C=O) groups is 2. The number of aliphatic hydroxyl groups is 2. The van der Waals surface area contributed by atoms with E-state index in [1.54, 1.807) is 24.3 Å². The van der Waals surface area contributed by atoms with Crippen LogP contribution in [0.2, 0.25) is 0 Å². The van der Waals surface area contributed by atoms with Gasteiger partial charge in [0.15, 0.2) is 12.4 Å². The number of benzene rings is 1. The Labute approximate surface area is 193 Å². The monoisotopic (exact) mass is 475 g/mol. The Morgan fingerprint density at radius 2 is 2.06 bits per heavy atom. The third-order valence-electron chi connectivity index (χ3n) is 6.03. The smallest absolute Gasteiger partial charge is 0.330 e. The SMILES string of the molecule is CC(=O)N1C[N+]([O-])(CCNC(=O)c2cn([C@@H]3CC(O)[C@H](CO)O3)c(=O)[nH]c2=O)c2ccccc21. The van der Waals surface area contributed by atoms with Crippen LogP contribution in [0.5, 0.6) is 0 Å². The Morgan fingerprint density at radius 1 is 1.32 bits per heavy atom. The highest BCUT2D eigenvalue weighted by molar-refractivity contribution is 5.97. The molecule has 2 aliphatic heterocycles. The number of aliphatic hydroxyl groups excluding tert-OH is 2. The van der Waals surface area contributed by atoms with Crippen molar-refractivity contribution < 1.29 is 24.5 Å². The number of amides is 2. The van der Waals surface area contributed by atoms with Gasteiger partial charge in [-0.05, 0) is 6.07 Å². The van der Waals surface area contributed by atoms with Crippen LogP contribution >= 0.6 is 0 Å². The summed E-state index contributed by atoms with van der Waals surface area (Å²) in [6, 6.07) is 6.73. The van der Waals surface area contributed by atoms with Gasteiger partial charge in [-0.1, -0.05) is 12.1 Å². The highest BCUT2D eigenvalue weighted by Crippen LogP contribution is 2.40. The van der Waals surface area contributed by atoms with Crippen molar-refractivity contribution in [2.45, 2.75) is 31.8 Å². The average molecular weight is 475 g/mol. The number of hydroxylamine groups is 2. The molecule has 2 aliphatic rings. The van der Waals surface area contributed by atoms with Crippen molar-refractivity contribution in [3.63, 3.8) is 0 Å². The molecule has 2 aromatic rings. The predicted molar refractivity (Wildman–Crippen MR) is 120 cm³/mol. The van der Waals surface area contributed by atoms with E-state index in [0.717, 1.165) is 10.8 Å². The first-order valence-electron chi connectivity index (χ1n) is 10.7. The molecule has 4 N–H and O–H groups in total. The summed E-state index contributed by atoms with van der Waals surface area (Å²) in [6.45, 7) is 0.573. The Morgan fingerprint density at radius 3 is 2.74 bits per heavy atom. The molecule has 1 fully saturated rings. The van der Waals surface area contributed by atoms with Gasteiger partial charge in [0.05, 0.1) is 19.3 Å². The molecular formula is C21H25N5O8. The number of ether oxygens (including phenoxy) is 1. The van der Waals surface area contributed by atoms with Crippen molar-refractivity contribution in [3.05, 3.63) is 62.1 Å². The van der Waals surface area contributed by atoms with Crippen LogP contribution in [-0.2, 0) is 9.53 Å². The van der Waals surface area contributed by atoms with Crippen molar-refractivity contribution in [2.75, 3.05) is 31.3 Å². The van der Waals surface area contributed by atoms with E-state index in [0.29, 0.717) is 11.4 Å². The fourth-order valence-electron chi connectivity index (χ4n) is 4.23. The number of quaternary nitrogens is 1. The van der Waals surface area contributed by atoms with Crippen LogP contribution in [0, 0.1) is 5.21 Å². The second kappa shape index (κ2) is 9.12. The molecule has 4 rings (SSSR count). The maximum absolute atomic E-state index is 13.4. The number of nitrogens with zero attached hydrogens (tertiary/aromatic N) is 3. The Hall–Kier alpha value is -3.36. The molecule has 1 aromatic heterocycles. The molecule has 1 saturated heterocycles. The van der Waals surface area contributed by atoms with E-state index >= 15 is 0 Å². The van der Waals surface area contributed by atoms with Gasteiger partial charge in [-0.3, -0.25) is 28.8 Å². The number of carbonyl (C=O) groups excluding carboxylic acids is 2. The zero-order valence-corrected chi connectivity index (χ0v) is 18.3. The minimum Gasteiger partial charge on any atom is -0.626 e. The summed E-state index contributed by atoms with van der Waals surface area (Å²) < 4.78 is 5.53. The van der Waals surface area contributed by atoms with Crippen molar-refractivity contribution in [3.8, 4) is 0 Å². The molecule has 13 heteroatoms. The van der Waals surface area contributed by atoms with E-state index in [9.17, 15) is 34.6 Å². The fraction of sp³-hybridized carbons (Fsp3) is 0.429. The molecule has 3 heterocycles. The molecule has 1 aromatic carbocycles. The summed E-state index contributed by atoms with van der Waals surface area (Å²) in [7, 11) is 0. The van der Waals surface area contributed by atoms with E-state index in [1.807, 2.05) is 4.98 Å². The second-order valence-corrected chi connectivity index (χ2v) is 8.27. The van der Waals surface area contributed by atoms with E-state index < -0.39 is 46.8 Å². The number of hydrogen-bond acceptors (Lipinski definition) is 8. The summed E-state index contributed by atoms with van der Waals surface area (Å²) in [5, 5.41) is 35.0. The fourth-order valence-corrected chi connectivity index (χ4v) is 4.23. The molecule has 4 atom stereocenters. The van der Waals surface area contributed by atoms with Crippen LogP contribution < -0.4 is 26.1 Å². The first-order valence-corrected chi connectivity index (χ1v) is 10.7. The van der Waals surface area contributed by atoms with E-state index in [-0.39, 0.29) is 37.6 Å². The number of rotatable bonds is 6. The molecular weight excluding hydrogens is 450 g/mol. The van der Waals surface area contributed by atoms with Crippen molar-refractivity contribution in [1.29, 1.82) is 0 Å². The number of aromatic nitrogens is 2. The van der Waals surface area contributed by atoms with Gasteiger partial charge >= 0.3 is 5.69 Å². The van der Waals surface area contributed by atoms with Gasteiger partial charge in [-0.2, -0.15) is 0 Å². The second-order valence-electron chi connectivity index (χ2n) is 8.27. The van der Waals surface area contributed by atoms with Crippen LogP contribution in [0.25, 0.3) is 0 Å². The van der Waals surface area contributed by atoms with Crippen molar-refractivity contribution in [2.24, 2.45) is 0 Å². The van der Waals surface area contributed by atoms with Gasteiger partial charge in [0.25, 0.3) is 11.5 Å². The molecule has 0 saturated carbocycles. The number of H-pyrrole nitrogens is 1. The third kappa shape index (κ3) is 4.26. The lowest BCUT2D eigenvalue weighted by Gasteiger charge is -2.38. The minimum atomic E-state index is -1.01. The third-order valence-corrected chi connectivity index (χ3v) is 6.03.